The first kappa shape index (κ1) is 21.1. The maximum atomic E-state index is 12.7. The largest absolute Gasteiger partial charge is 0.480 e. The molecular weight excluding hydrogens is 362 g/mol. The molecule has 0 aliphatic heterocycles. The van der Waals surface area contributed by atoms with E-state index in [1.54, 1.807) is 36.7 Å². The molecule has 0 fully saturated rings. The first-order valence-electron chi connectivity index (χ1n) is 8.73. The van der Waals surface area contributed by atoms with Crippen LogP contribution in [0.15, 0.2) is 41.7 Å². The van der Waals surface area contributed by atoms with Gasteiger partial charge in [-0.25, -0.2) is 9.78 Å². The Morgan fingerprint density at radius 1 is 1.21 bits per heavy atom. The number of nitrogens with one attached hydrogen (secondary N) is 2. The van der Waals surface area contributed by atoms with Gasteiger partial charge in [-0.1, -0.05) is 24.3 Å². The molecule has 0 saturated carbocycles. The van der Waals surface area contributed by atoms with Crippen LogP contribution in [0.25, 0.3) is 0 Å². The number of ketones is 1. The van der Waals surface area contributed by atoms with Gasteiger partial charge in [0.05, 0.1) is 6.54 Å². The third kappa shape index (κ3) is 5.63. The molecule has 0 aliphatic rings. The summed E-state index contributed by atoms with van der Waals surface area (Å²) in [6.45, 7) is 1.34. The lowest BCUT2D eigenvalue weighted by Crippen LogP contribution is -2.55. The Bertz CT molecular complexity index is 814. The summed E-state index contributed by atoms with van der Waals surface area (Å²) in [4.78, 5) is 35.2. The van der Waals surface area contributed by atoms with Crippen molar-refractivity contribution < 1.29 is 14.7 Å². The van der Waals surface area contributed by atoms with Crippen LogP contribution in [0.2, 0.25) is 0 Å². The van der Waals surface area contributed by atoms with Crippen LogP contribution in [0.1, 0.15) is 34.6 Å². The van der Waals surface area contributed by atoms with E-state index in [9.17, 15) is 14.7 Å². The van der Waals surface area contributed by atoms with Crippen LogP contribution in [-0.4, -0.2) is 44.9 Å². The van der Waals surface area contributed by atoms with Crippen LogP contribution >= 0.6 is 0 Å². The Morgan fingerprint density at radius 3 is 2.50 bits per heavy atom. The van der Waals surface area contributed by atoms with Crippen molar-refractivity contribution in [1.29, 1.82) is 0 Å². The van der Waals surface area contributed by atoms with Gasteiger partial charge >= 0.3 is 5.97 Å². The number of hydrogen-bond acceptors (Lipinski definition) is 6. The molecule has 1 aromatic carbocycles. The summed E-state index contributed by atoms with van der Waals surface area (Å²) in [5, 5.41) is 12.7. The quantitative estimate of drug-likeness (QED) is 0.0998. The highest BCUT2D eigenvalue weighted by molar-refractivity contribution is 6.15. The van der Waals surface area contributed by atoms with Crippen molar-refractivity contribution in [2.24, 2.45) is 22.2 Å². The minimum Gasteiger partial charge on any atom is -0.480 e. The molecule has 28 heavy (non-hydrogen) atoms. The number of carbonyl (C=O) groups excluding carboxylic acids is 1. The lowest BCUT2D eigenvalue weighted by Gasteiger charge is -2.23. The van der Waals surface area contributed by atoms with Crippen LogP contribution in [0, 0.1) is 0 Å². The molecule has 0 unspecified atom stereocenters. The zero-order valence-corrected chi connectivity index (χ0v) is 15.4. The number of Topliss-reactive ketones (excluding diaryl/α,β-unsaturated/α-hetero) is 1. The maximum Gasteiger partial charge on any atom is 0.331 e. The highest BCUT2D eigenvalue weighted by Gasteiger charge is 2.41. The molecule has 0 radical (unpaired) electrons. The van der Waals surface area contributed by atoms with Crippen molar-refractivity contribution in [3.63, 3.8) is 0 Å². The number of H-pyrrole nitrogens is 1. The molecule has 10 nitrogen and oxygen atoms in total. The minimum absolute atomic E-state index is 0.0790. The number of carbonyl (C=O) groups is 2. The van der Waals surface area contributed by atoms with E-state index >= 15 is 0 Å². The average molecular weight is 387 g/mol. The van der Waals surface area contributed by atoms with Crippen molar-refractivity contribution in [2.75, 3.05) is 6.54 Å². The van der Waals surface area contributed by atoms with Crippen LogP contribution in [0.4, 0.5) is 0 Å². The number of hydrogen-bond donors (Lipinski definition) is 6. The second kappa shape index (κ2) is 9.62. The van der Waals surface area contributed by atoms with E-state index in [0.717, 1.165) is 11.4 Å². The molecule has 0 saturated heterocycles. The van der Waals surface area contributed by atoms with Crippen molar-refractivity contribution in [2.45, 2.75) is 31.5 Å². The number of guanidine groups is 1. The van der Waals surface area contributed by atoms with Gasteiger partial charge in [-0.15, -0.1) is 0 Å². The smallest absolute Gasteiger partial charge is 0.331 e. The third-order valence-electron chi connectivity index (χ3n) is 4.20. The van der Waals surface area contributed by atoms with E-state index in [-0.39, 0.29) is 30.9 Å². The third-order valence-corrected chi connectivity index (χ3v) is 4.20. The number of carboxylic acids is 1. The van der Waals surface area contributed by atoms with Gasteiger partial charge in [0, 0.05) is 31.0 Å². The molecule has 0 bridgehead atoms. The number of aliphatic carboxylic acids is 1. The molecule has 2 rings (SSSR count). The fourth-order valence-electron chi connectivity index (χ4n) is 2.64. The second-order valence-corrected chi connectivity index (χ2v) is 6.35. The molecule has 0 spiro atoms. The van der Waals surface area contributed by atoms with Gasteiger partial charge in [0.25, 0.3) is 0 Å². The Balaban J connectivity index is 1.97. The van der Waals surface area contributed by atoms with Gasteiger partial charge in [0.1, 0.15) is 5.82 Å². The number of aliphatic imine (C=N–C) groups is 1. The fraction of sp³-hybridized carbons (Fsp3) is 0.333. The molecule has 9 N–H and O–H groups in total. The molecular formula is C18H25N7O3. The highest BCUT2D eigenvalue weighted by Crippen LogP contribution is 2.18. The number of nitrogens with zero attached hydrogens (tertiary/aromatic N) is 2. The number of aromatic nitrogens is 2. The van der Waals surface area contributed by atoms with Crippen LogP contribution in [0.3, 0.4) is 0 Å². The summed E-state index contributed by atoms with van der Waals surface area (Å²) in [5.41, 5.74) is 15.5. The summed E-state index contributed by atoms with van der Waals surface area (Å²) >= 11 is 0. The van der Waals surface area contributed by atoms with Gasteiger partial charge in [-0.3, -0.25) is 9.79 Å². The summed E-state index contributed by atoms with van der Waals surface area (Å²) in [6.07, 6.45) is 3.61. The zero-order chi connectivity index (χ0) is 20.6. The molecule has 1 atom stereocenters. The summed E-state index contributed by atoms with van der Waals surface area (Å²) in [5.74, 6) is -1.31. The normalized spacial score (nSPS) is 12.9. The zero-order valence-electron chi connectivity index (χ0n) is 15.4. The predicted molar refractivity (Wildman–Crippen MR) is 104 cm³/mol. The molecule has 2 aromatic rings. The van der Waals surface area contributed by atoms with Gasteiger partial charge in [-0.2, -0.15) is 0 Å². The lowest BCUT2D eigenvalue weighted by atomic mass is 9.85. The van der Waals surface area contributed by atoms with E-state index in [1.165, 1.54) is 0 Å². The van der Waals surface area contributed by atoms with E-state index < -0.39 is 17.3 Å². The fourth-order valence-corrected chi connectivity index (χ4v) is 2.64. The Hall–Kier alpha value is -3.24. The van der Waals surface area contributed by atoms with Crippen LogP contribution in [-0.2, 0) is 17.9 Å². The van der Waals surface area contributed by atoms with Crippen molar-refractivity contribution in [1.82, 2.24) is 15.3 Å². The van der Waals surface area contributed by atoms with E-state index in [2.05, 4.69) is 20.3 Å². The summed E-state index contributed by atoms with van der Waals surface area (Å²) in [7, 11) is 0. The average Bonchev–Trinajstić information content (AvgIpc) is 3.18. The number of aromatic amines is 1. The number of carboxylic acid groups (broad SMARTS) is 1. The molecule has 10 heteroatoms. The molecule has 150 valence electrons. The Kier molecular flexibility index (Phi) is 7.24. The number of imidazole rings is 1. The molecule has 0 aliphatic carbocycles. The SMILES string of the molecule is NC(N)=NCCC[C@](N)(C(=O)O)C(=O)c1ccc(CNCc2ncc[nH]2)cc1. The summed E-state index contributed by atoms with van der Waals surface area (Å²) in [6, 6.07) is 6.66. The first-order chi connectivity index (χ1) is 13.3. The predicted octanol–water partition coefficient (Wildman–Crippen LogP) is -0.282. The first-order valence-corrected chi connectivity index (χ1v) is 8.73. The van der Waals surface area contributed by atoms with Crippen molar-refractivity contribution in [3.05, 3.63) is 53.6 Å². The number of benzene rings is 1. The molecule has 1 aromatic heterocycles. The summed E-state index contributed by atoms with van der Waals surface area (Å²) < 4.78 is 0. The van der Waals surface area contributed by atoms with Crippen LogP contribution < -0.4 is 22.5 Å². The van der Waals surface area contributed by atoms with Gasteiger partial charge in [0.15, 0.2) is 17.3 Å². The number of rotatable bonds is 11. The second-order valence-electron chi connectivity index (χ2n) is 6.35. The van der Waals surface area contributed by atoms with E-state index in [4.69, 9.17) is 17.2 Å². The molecule has 0 amide bonds. The Labute approximate surface area is 162 Å². The number of nitrogens with two attached hydrogens (primary N) is 3. The van der Waals surface area contributed by atoms with Crippen LogP contribution in [0.5, 0.6) is 0 Å². The minimum atomic E-state index is -2.03. The van der Waals surface area contributed by atoms with Gasteiger partial charge < -0.3 is 32.6 Å². The van der Waals surface area contributed by atoms with Gasteiger partial charge in [-0.05, 0) is 18.4 Å². The van der Waals surface area contributed by atoms with E-state index in [1.807, 2.05) is 0 Å². The van der Waals surface area contributed by atoms with E-state index in [0.29, 0.717) is 13.1 Å². The van der Waals surface area contributed by atoms with Gasteiger partial charge in [0.2, 0.25) is 0 Å². The van der Waals surface area contributed by atoms with Crippen molar-refractivity contribution >= 4 is 17.7 Å². The Morgan fingerprint density at radius 2 is 1.93 bits per heavy atom. The molecule has 1 heterocycles. The maximum absolute atomic E-state index is 12.7. The van der Waals surface area contributed by atoms with Crippen molar-refractivity contribution in [3.8, 4) is 0 Å². The monoisotopic (exact) mass is 387 g/mol. The standard InChI is InChI=1S/C18H25N7O3/c19-17(20)25-7-1-6-18(21,16(27)28)15(26)13-4-2-12(3-5-13)10-22-11-14-23-8-9-24-14/h2-5,8-9,22H,1,6-7,10-11,21H2,(H,23,24)(H,27,28)(H4,19,20,25)/t18-/m1/s1. The highest BCUT2D eigenvalue weighted by atomic mass is 16.4. The lowest BCUT2D eigenvalue weighted by molar-refractivity contribution is -0.141. The topological polar surface area (TPSA) is 186 Å².